The second kappa shape index (κ2) is 8.34. The van der Waals surface area contributed by atoms with Crippen molar-refractivity contribution in [3.8, 4) is 0 Å². The van der Waals surface area contributed by atoms with Crippen LogP contribution < -0.4 is 10.2 Å². The van der Waals surface area contributed by atoms with E-state index in [9.17, 15) is 5.11 Å². The average Bonchev–Trinajstić information content (AvgIpc) is 3.00. The molecule has 120 valence electrons. The minimum Gasteiger partial charge on any atom is -0.406 e. The van der Waals surface area contributed by atoms with Crippen LogP contribution in [0.15, 0.2) is 4.42 Å². The van der Waals surface area contributed by atoms with Gasteiger partial charge >= 0.3 is 6.01 Å². The molecule has 21 heavy (non-hydrogen) atoms. The van der Waals surface area contributed by atoms with Gasteiger partial charge in [-0.05, 0) is 32.7 Å². The monoisotopic (exact) mass is 296 g/mol. The highest BCUT2D eigenvalue weighted by Crippen LogP contribution is 2.27. The van der Waals surface area contributed by atoms with Crippen LogP contribution in [0.4, 0.5) is 6.01 Å². The normalized spacial score (nSPS) is 17.9. The van der Waals surface area contributed by atoms with E-state index < -0.39 is 0 Å². The molecule has 0 saturated heterocycles. The molecule has 1 heterocycles. The van der Waals surface area contributed by atoms with Gasteiger partial charge in [-0.25, -0.2) is 0 Å². The lowest BCUT2D eigenvalue weighted by atomic mass is 9.94. The maximum absolute atomic E-state index is 9.32. The Kier molecular flexibility index (Phi) is 6.45. The predicted molar refractivity (Wildman–Crippen MR) is 82.3 cm³/mol. The van der Waals surface area contributed by atoms with Crippen molar-refractivity contribution in [1.82, 2.24) is 15.5 Å². The van der Waals surface area contributed by atoms with Crippen molar-refractivity contribution in [2.24, 2.45) is 0 Å². The minimum atomic E-state index is 0.0635. The Morgan fingerprint density at radius 1 is 1.33 bits per heavy atom. The molecule has 6 nitrogen and oxygen atoms in total. The first-order chi connectivity index (χ1) is 10.3. The summed E-state index contributed by atoms with van der Waals surface area (Å²) in [6.07, 6.45) is 7.13. The summed E-state index contributed by atoms with van der Waals surface area (Å²) in [5.41, 5.74) is 0. The van der Waals surface area contributed by atoms with Gasteiger partial charge in [0.1, 0.15) is 0 Å². The van der Waals surface area contributed by atoms with Gasteiger partial charge in [0.25, 0.3) is 0 Å². The molecule has 0 bridgehead atoms. The van der Waals surface area contributed by atoms with Gasteiger partial charge in [-0.15, -0.1) is 5.10 Å². The first-order valence-electron chi connectivity index (χ1n) is 8.20. The molecule has 1 unspecified atom stereocenters. The van der Waals surface area contributed by atoms with Crippen LogP contribution in [0.3, 0.4) is 0 Å². The molecule has 1 aromatic heterocycles. The fraction of sp³-hybridized carbons (Fsp3) is 0.867. The van der Waals surface area contributed by atoms with Crippen molar-refractivity contribution in [3.05, 3.63) is 5.89 Å². The zero-order valence-corrected chi connectivity index (χ0v) is 13.2. The first-order valence-corrected chi connectivity index (χ1v) is 8.20. The maximum atomic E-state index is 9.32. The second-order valence-corrected chi connectivity index (χ2v) is 5.81. The van der Waals surface area contributed by atoms with Crippen LogP contribution in [0.5, 0.6) is 0 Å². The minimum absolute atomic E-state index is 0.0635. The summed E-state index contributed by atoms with van der Waals surface area (Å²) in [6, 6.07) is 1.03. The Morgan fingerprint density at radius 3 is 2.76 bits per heavy atom. The van der Waals surface area contributed by atoms with Gasteiger partial charge in [0, 0.05) is 12.6 Å². The Hall–Kier alpha value is -1.14. The Bertz CT molecular complexity index is 404. The van der Waals surface area contributed by atoms with Crippen LogP contribution in [0.25, 0.3) is 0 Å². The van der Waals surface area contributed by atoms with Crippen LogP contribution in [0.1, 0.15) is 64.3 Å². The summed E-state index contributed by atoms with van der Waals surface area (Å²) in [7, 11) is 0. The zero-order valence-electron chi connectivity index (χ0n) is 13.2. The van der Waals surface area contributed by atoms with E-state index in [1.165, 1.54) is 19.3 Å². The Labute approximate surface area is 126 Å². The lowest BCUT2D eigenvalue weighted by molar-refractivity contribution is 0.282. The van der Waals surface area contributed by atoms with Gasteiger partial charge < -0.3 is 19.7 Å². The van der Waals surface area contributed by atoms with E-state index in [1.54, 1.807) is 0 Å². The fourth-order valence-corrected chi connectivity index (χ4v) is 2.90. The lowest BCUT2D eigenvalue weighted by Crippen LogP contribution is -2.39. The third-order valence-corrected chi connectivity index (χ3v) is 4.10. The molecule has 0 amide bonds. The van der Waals surface area contributed by atoms with E-state index in [0.717, 1.165) is 25.8 Å². The smallest absolute Gasteiger partial charge is 0.318 e. The molecule has 1 aromatic rings. The molecule has 1 aliphatic rings. The van der Waals surface area contributed by atoms with E-state index in [-0.39, 0.29) is 12.6 Å². The molecular formula is C15H28N4O2. The van der Waals surface area contributed by atoms with Crippen LogP contribution in [-0.2, 0) is 0 Å². The van der Waals surface area contributed by atoms with Crippen LogP contribution in [0, 0.1) is 0 Å². The van der Waals surface area contributed by atoms with E-state index >= 15 is 0 Å². The second-order valence-electron chi connectivity index (χ2n) is 5.81. The summed E-state index contributed by atoms with van der Waals surface area (Å²) in [4.78, 5) is 2.09. The van der Waals surface area contributed by atoms with Gasteiger partial charge in [-0.1, -0.05) is 31.3 Å². The van der Waals surface area contributed by atoms with E-state index in [1.807, 2.05) is 6.92 Å². The molecule has 1 atom stereocenters. The number of nitrogens with one attached hydrogen (secondary N) is 1. The Morgan fingerprint density at radius 2 is 2.10 bits per heavy atom. The van der Waals surface area contributed by atoms with Crippen molar-refractivity contribution >= 4 is 6.01 Å². The third kappa shape index (κ3) is 4.41. The summed E-state index contributed by atoms with van der Waals surface area (Å²) < 4.78 is 5.84. The van der Waals surface area contributed by atoms with E-state index in [2.05, 4.69) is 27.3 Å². The maximum Gasteiger partial charge on any atom is 0.318 e. The van der Waals surface area contributed by atoms with Gasteiger partial charge in [0.15, 0.2) is 0 Å². The van der Waals surface area contributed by atoms with E-state index in [0.29, 0.717) is 24.5 Å². The summed E-state index contributed by atoms with van der Waals surface area (Å²) in [5, 5.41) is 21.0. The highest BCUT2D eigenvalue weighted by molar-refractivity contribution is 5.27. The molecule has 1 saturated carbocycles. The molecule has 2 rings (SSSR count). The topological polar surface area (TPSA) is 74.4 Å². The molecule has 6 heteroatoms. The molecule has 0 aliphatic heterocycles. The van der Waals surface area contributed by atoms with Crippen LogP contribution >= 0.6 is 0 Å². The van der Waals surface area contributed by atoms with Crippen molar-refractivity contribution < 1.29 is 9.52 Å². The van der Waals surface area contributed by atoms with E-state index in [4.69, 9.17) is 4.42 Å². The number of aliphatic hydroxyl groups excluding tert-OH is 1. The predicted octanol–water partition coefficient (Wildman–Crippen LogP) is 2.26. The van der Waals surface area contributed by atoms with Crippen molar-refractivity contribution in [3.63, 3.8) is 0 Å². The molecule has 2 N–H and O–H groups in total. The average molecular weight is 296 g/mol. The largest absolute Gasteiger partial charge is 0.406 e. The number of nitrogens with zero attached hydrogens (tertiary/aromatic N) is 3. The van der Waals surface area contributed by atoms with Gasteiger partial charge in [-0.3, -0.25) is 0 Å². The van der Waals surface area contributed by atoms with Crippen molar-refractivity contribution in [2.45, 2.75) is 64.5 Å². The van der Waals surface area contributed by atoms with Gasteiger partial charge in [-0.2, -0.15) is 0 Å². The zero-order chi connectivity index (χ0) is 15.1. The molecule has 0 aromatic carbocycles. The fourth-order valence-electron chi connectivity index (χ4n) is 2.90. The molecule has 1 aliphatic carbocycles. The molecule has 0 spiro atoms. The number of aliphatic hydroxyl groups is 1. The van der Waals surface area contributed by atoms with Crippen LogP contribution in [-0.4, -0.2) is 41.0 Å². The summed E-state index contributed by atoms with van der Waals surface area (Å²) >= 11 is 0. The van der Waals surface area contributed by atoms with Crippen LogP contribution in [0.2, 0.25) is 0 Å². The molecule has 1 fully saturated rings. The number of hydrogen-bond donors (Lipinski definition) is 2. The van der Waals surface area contributed by atoms with Crippen molar-refractivity contribution in [2.75, 3.05) is 24.6 Å². The molecule has 0 radical (unpaired) electrons. The first kappa shape index (κ1) is 16.2. The lowest BCUT2D eigenvalue weighted by Gasteiger charge is -2.32. The molecular weight excluding hydrogens is 268 g/mol. The van der Waals surface area contributed by atoms with Crippen molar-refractivity contribution in [1.29, 1.82) is 0 Å². The number of aromatic nitrogens is 2. The number of hydrogen-bond acceptors (Lipinski definition) is 6. The SMILES string of the molecule is CCCNC(C)c1nnc(N(CCO)C2CCCCC2)o1. The number of anilines is 1. The number of rotatable bonds is 8. The third-order valence-electron chi connectivity index (χ3n) is 4.10. The van der Waals surface area contributed by atoms with Gasteiger partial charge in [0.05, 0.1) is 12.6 Å². The van der Waals surface area contributed by atoms with Gasteiger partial charge in [0.2, 0.25) is 5.89 Å². The Balaban J connectivity index is 2.04. The summed E-state index contributed by atoms with van der Waals surface area (Å²) in [6.45, 7) is 5.76. The highest BCUT2D eigenvalue weighted by Gasteiger charge is 2.25. The highest BCUT2D eigenvalue weighted by atomic mass is 16.4. The quantitative estimate of drug-likeness (QED) is 0.766. The standard InChI is InChI=1S/C15H28N4O2/c1-3-9-16-12(2)14-17-18-15(21-14)19(10-11-20)13-7-5-4-6-8-13/h12-13,16,20H,3-11H2,1-2H3. The summed E-state index contributed by atoms with van der Waals surface area (Å²) in [5.74, 6) is 0.622.